The van der Waals surface area contributed by atoms with Crippen LogP contribution in [0.3, 0.4) is 0 Å². The number of carbonyl (C=O) groups excluding carboxylic acids is 2. The number of rotatable bonds is 2. The third-order valence-corrected chi connectivity index (χ3v) is 6.94. The van der Waals surface area contributed by atoms with E-state index in [4.69, 9.17) is 14.2 Å². The molecule has 0 aromatic carbocycles. The van der Waals surface area contributed by atoms with Gasteiger partial charge in [0.05, 0.1) is 17.7 Å². The summed E-state index contributed by atoms with van der Waals surface area (Å²) < 4.78 is 20.2. The first-order valence-corrected chi connectivity index (χ1v) is 10.4. The smallest absolute Gasteiger partial charge is 0.336 e. The first-order chi connectivity index (χ1) is 13.4. The zero-order valence-electron chi connectivity index (χ0n) is 16.6. The van der Waals surface area contributed by atoms with Crippen LogP contribution in [0.2, 0.25) is 0 Å². The summed E-state index contributed by atoms with van der Waals surface area (Å²) in [6.45, 7) is 6.74. The standard InChI is InChI=1S/C22H27NO5/c1-4-14-19-16-8-7-15(18-10-12(2)20(24)26-18)23(16)9-5-6-17(19)27-22(14)11-13(3)21(25)28-22/h7-8,11-12,14,17-19H,4-6,9-10H2,1-3H3/t12-,14-,17+,18-,19+,22-/m0/s1. The maximum atomic E-state index is 12.1. The fourth-order valence-corrected chi connectivity index (χ4v) is 5.62. The van der Waals surface area contributed by atoms with Gasteiger partial charge in [0, 0.05) is 36.1 Å². The van der Waals surface area contributed by atoms with Gasteiger partial charge in [-0.25, -0.2) is 4.79 Å². The average Bonchev–Trinajstić information content (AvgIpc) is 3.33. The van der Waals surface area contributed by atoms with Gasteiger partial charge in [0.15, 0.2) is 0 Å². The highest BCUT2D eigenvalue weighted by Crippen LogP contribution is 2.54. The van der Waals surface area contributed by atoms with Crippen LogP contribution in [0.1, 0.15) is 69.9 Å². The van der Waals surface area contributed by atoms with E-state index in [1.165, 1.54) is 5.69 Å². The van der Waals surface area contributed by atoms with E-state index < -0.39 is 5.79 Å². The second-order valence-corrected chi connectivity index (χ2v) is 8.67. The van der Waals surface area contributed by atoms with Crippen molar-refractivity contribution in [3.05, 3.63) is 35.2 Å². The molecule has 6 nitrogen and oxygen atoms in total. The molecule has 1 aromatic rings. The molecule has 6 heteroatoms. The van der Waals surface area contributed by atoms with E-state index in [0.29, 0.717) is 5.57 Å². The number of nitrogens with zero attached hydrogens (tertiary/aromatic N) is 1. The van der Waals surface area contributed by atoms with Gasteiger partial charge in [-0.15, -0.1) is 0 Å². The average molecular weight is 385 g/mol. The molecular weight excluding hydrogens is 358 g/mol. The van der Waals surface area contributed by atoms with Crippen molar-refractivity contribution in [2.75, 3.05) is 0 Å². The van der Waals surface area contributed by atoms with E-state index >= 15 is 0 Å². The summed E-state index contributed by atoms with van der Waals surface area (Å²) in [6, 6.07) is 4.26. The Balaban J connectivity index is 1.54. The zero-order chi connectivity index (χ0) is 19.6. The van der Waals surface area contributed by atoms with Crippen LogP contribution in [-0.4, -0.2) is 28.4 Å². The number of aromatic nitrogens is 1. The maximum absolute atomic E-state index is 12.1. The maximum Gasteiger partial charge on any atom is 0.336 e. The van der Waals surface area contributed by atoms with Crippen molar-refractivity contribution in [2.24, 2.45) is 11.8 Å². The molecule has 0 bridgehead atoms. The van der Waals surface area contributed by atoms with E-state index in [-0.39, 0.29) is 41.9 Å². The van der Waals surface area contributed by atoms with E-state index in [1.54, 1.807) is 6.92 Å². The van der Waals surface area contributed by atoms with Crippen LogP contribution in [0, 0.1) is 11.8 Å². The quantitative estimate of drug-likeness (QED) is 0.728. The van der Waals surface area contributed by atoms with Gasteiger partial charge in [-0.3, -0.25) is 4.79 Å². The highest BCUT2D eigenvalue weighted by Gasteiger charge is 2.59. The SMILES string of the molecule is CC[C@H]1[C@@H]2c3ccc([C@@H]4C[C@H](C)C(=O)O4)n3CCC[C@H]2O[C@]12C=C(C)C(=O)O2. The van der Waals surface area contributed by atoms with Crippen LogP contribution in [0.5, 0.6) is 0 Å². The summed E-state index contributed by atoms with van der Waals surface area (Å²) in [5.74, 6) is -1.15. The van der Waals surface area contributed by atoms with E-state index in [1.807, 2.05) is 13.0 Å². The fourth-order valence-electron chi connectivity index (χ4n) is 5.62. The zero-order valence-corrected chi connectivity index (χ0v) is 16.6. The van der Waals surface area contributed by atoms with Crippen molar-refractivity contribution in [2.45, 2.75) is 76.9 Å². The lowest BCUT2D eigenvalue weighted by Crippen LogP contribution is -2.36. The van der Waals surface area contributed by atoms with Gasteiger partial charge in [-0.05, 0) is 44.4 Å². The summed E-state index contributed by atoms with van der Waals surface area (Å²) in [6.07, 6.45) is 5.23. The molecule has 1 aromatic heterocycles. The normalized spacial score (nSPS) is 39.4. The molecule has 5 rings (SSSR count). The van der Waals surface area contributed by atoms with Crippen molar-refractivity contribution < 1.29 is 23.8 Å². The minimum Gasteiger partial charge on any atom is -0.456 e. The predicted molar refractivity (Wildman–Crippen MR) is 100 cm³/mol. The van der Waals surface area contributed by atoms with Crippen molar-refractivity contribution in [3.8, 4) is 0 Å². The van der Waals surface area contributed by atoms with Gasteiger partial charge >= 0.3 is 11.9 Å². The second-order valence-electron chi connectivity index (χ2n) is 8.67. The first kappa shape index (κ1) is 18.0. The second kappa shape index (κ2) is 6.21. The monoisotopic (exact) mass is 385 g/mol. The van der Waals surface area contributed by atoms with Gasteiger partial charge in [0.25, 0.3) is 0 Å². The third kappa shape index (κ3) is 2.43. The van der Waals surface area contributed by atoms with Crippen molar-refractivity contribution in [1.82, 2.24) is 4.57 Å². The van der Waals surface area contributed by atoms with Crippen LogP contribution in [0.4, 0.5) is 0 Å². The lowest BCUT2D eigenvalue weighted by Gasteiger charge is -2.29. The van der Waals surface area contributed by atoms with Gasteiger partial charge < -0.3 is 18.8 Å². The highest BCUT2D eigenvalue weighted by atomic mass is 16.7. The molecular formula is C22H27NO5. The molecule has 4 aliphatic rings. The summed E-state index contributed by atoms with van der Waals surface area (Å²) >= 11 is 0. The van der Waals surface area contributed by atoms with Crippen molar-refractivity contribution in [3.63, 3.8) is 0 Å². The van der Waals surface area contributed by atoms with Crippen LogP contribution in [0.25, 0.3) is 0 Å². The number of esters is 2. The fraction of sp³-hybridized carbons (Fsp3) is 0.636. The lowest BCUT2D eigenvalue weighted by atomic mass is 9.80. The van der Waals surface area contributed by atoms with Gasteiger partial charge in [-0.1, -0.05) is 13.8 Å². The molecule has 0 radical (unpaired) electrons. The summed E-state index contributed by atoms with van der Waals surface area (Å²) in [5.41, 5.74) is 2.92. The Labute approximate surface area is 164 Å². The molecule has 0 amide bonds. The van der Waals surface area contributed by atoms with Gasteiger partial charge in [0.1, 0.15) is 6.10 Å². The number of fused-ring (bicyclic) bond motifs is 3. The Morgan fingerprint density at radius 2 is 2.04 bits per heavy atom. The van der Waals surface area contributed by atoms with E-state index in [9.17, 15) is 9.59 Å². The van der Waals surface area contributed by atoms with Crippen LogP contribution in [-0.2, 0) is 30.3 Å². The number of carbonyl (C=O) groups is 2. The first-order valence-electron chi connectivity index (χ1n) is 10.4. The van der Waals surface area contributed by atoms with Crippen LogP contribution in [0.15, 0.2) is 23.8 Å². The number of ether oxygens (including phenoxy) is 3. The largest absolute Gasteiger partial charge is 0.456 e. The Kier molecular flexibility index (Phi) is 3.99. The molecule has 28 heavy (non-hydrogen) atoms. The predicted octanol–water partition coefficient (Wildman–Crippen LogP) is 3.61. The summed E-state index contributed by atoms with van der Waals surface area (Å²) in [7, 11) is 0. The van der Waals surface area contributed by atoms with Crippen LogP contribution >= 0.6 is 0 Å². The van der Waals surface area contributed by atoms with E-state index in [2.05, 4.69) is 23.6 Å². The highest BCUT2D eigenvalue weighted by molar-refractivity contribution is 5.90. The minimum atomic E-state index is -0.938. The lowest BCUT2D eigenvalue weighted by molar-refractivity contribution is -0.204. The molecule has 2 saturated heterocycles. The van der Waals surface area contributed by atoms with Crippen molar-refractivity contribution in [1.29, 1.82) is 0 Å². The Morgan fingerprint density at radius 3 is 2.68 bits per heavy atom. The number of hydrogen-bond donors (Lipinski definition) is 0. The Bertz CT molecular complexity index is 870. The molecule has 0 N–H and O–H groups in total. The number of cyclic esters (lactones) is 1. The molecule has 5 heterocycles. The van der Waals surface area contributed by atoms with E-state index in [0.717, 1.165) is 37.9 Å². The molecule has 6 atom stereocenters. The summed E-state index contributed by atoms with van der Waals surface area (Å²) in [4.78, 5) is 24.1. The molecule has 1 spiro atoms. The molecule has 2 fully saturated rings. The molecule has 0 aliphatic carbocycles. The molecule has 4 aliphatic heterocycles. The Hall–Kier alpha value is -2.08. The minimum absolute atomic E-state index is 0.0222. The summed E-state index contributed by atoms with van der Waals surface area (Å²) in [5, 5.41) is 0. The van der Waals surface area contributed by atoms with Crippen molar-refractivity contribution >= 4 is 11.9 Å². The third-order valence-electron chi connectivity index (χ3n) is 6.94. The molecule has 0 unspecified atom stereocenters. The van der Waals surface area contributed by atoms with Gasteiger partial charge in [0.2, 0.25) is 5.79 Å². The molecule has 0 saturated carbocycles. The topological polar surface area (TPSA) is 66.8 Å². The van der Waals surface area contributed by atoms with Gasteiger partial charge in [-0.2, -0.15) is 0 Å². The Morgan fingerprint density at radius 1 is 1.25 bits per heavy atom. The molecule has 150 valence electrons. The van der Waals surface area contributed by atoms with Crippen LogP contribution < -0.4 is 0 Å². The number of hydrogen-bond acceptors (Lipinski definition) is 5.